The number of hydrogen-bond acceptors (Lipinski definition) is 4. The summed E-state index contributed by atoms with van der Waals surface area (Å²) >= 11 is 3.04. The van der Waals surface area contributed by atoms with Gasteiger partial charge in [0.1, 0.15) is 11.8 Å². The standard InChI is InChI=1S/C10H8BrNO3/c1-2-15-10(14)8-6(5-12)3-4-7(13)9(8)11/h3-4,13H,2H2,1H3. The molecule has 78 valence electrons. The minimum Gasteiger partial charge on any atom is -0.507 e. The van der Waals surface area contributed by atoms with Gasteiger partial charge in [-0.3, -0.25) is 0 Å². The number of halogens is 1. The van der Waals surface area contributed by atoms with Crippen LogP contribution in [0.5, 0.6) is 5.75 Å². The fraction of sp³-hybridized carbons (Fsp3) is 0.200. The number of ether oxygens (including phenoxy) is 1. The lowest BCUT2D eigenvalue weighted by atomic mass is 10.1. The summed E-state index contributed by atoms with van der Waals surface area (Å²) in [5.41, 5.74) is 0.220. The fourth-order valence-corrected chi connectivity index (χ4v) is 1.57. The Labute approximate surface area is 95.2 Å². The van der Waals surface area contributed by atoms with E-state index in [1.54, 1.807) is 6.92 Å². The monoisotopic (exact) mass is 269 g/mol. The van der Waals surface area contributed by atoms with Gasteiger partial charge in [0.2, 0.25) is 0 Å². The van der Waals surface area contributed by atoms with Gasteiger partial charge in [0, 0.05) is 0 Å². The number of aromatic hydroxyl groups is 1. The number of carbonyl (C=O) groups is 1. The maximum absolute atomic E-state index is 11.5. The molecule has 0 aliphatic carbocycles. The van der Waals surface area contributed by atoms with E-state index in [2.05, 4.69) is 15.9 Å². The number of rotatable bonds is 2. The Kier molecular flexibility index (Phi) is 3.69. The molecule has 0 amide bonds. The number of carbonyl (C=O) groups excluding carboxylic acids is 1. The molecule has 4 nitrogen and oxygen atoms in total. The zero-order valence-corrected chi connectivity index (χ0v) is 9.54. The van der Waals surface area contributed by atoms with Crippen LogP contribution in [0.1, 0.15) is 22.8 Å². The SMILES string of the molecule is CCOC(=O)c1c(C#N)ccc(O)c1Br. The highest BCUT2D eigenvalue weighted by Gasteiger charge is 2.18. The van der Waals surface area contributed by atoms with Gasteiger partial charge < -0.3 is 9.84 Å². The maximum atomic E-state index is 11.5. The first-order valence-electron chi connectivity index (χ1n) is 4.20. The van der Waals surface area contributed by atoms with E-state index in [-0.39, 0.29) is 28.0 Å². The number of benzene rings is 1. The van der Waals surface area contributed by atoms with Gasteiger partial charge in [0.25, 0.3) is 0 Å². The third-order valence-corrected chi connectivity index (χ3v) is 2.52. The van der Waals surface area contributed by atoms with Crippen LogP contribution in [0.3, 0.4) is 0 Å². The molecule has 0 unspecified atom stereocenters. The van der Waals surface area contributed by atoms with Gasteiger partial charge in [0.05, 0.1) is 22.2 Å². The molecule has 0 radical (unpaired) electrons. The van der Waals surface area contributed by atoms with Gasteiger partial charge in [-0.2, -0.15) is 5.26 Å². The van der Waals surface area contributed by atoms with Crippen molar-refractivity contribution in [1.29, 1.82) is 5.26 Å². The third kappa shape index (κ3) is 2.28. The van der Waals surface area contributed by atoms with Crippen molar-refractivity contribution in [1.82, 2.24) is 0 Å². The topological polar surface area (TPSA) is 70.3 Å². The smallest absolute Gasteiger partial charge is 0.340 e. The van der Waals surface area contributed by atoms with Crippen molar-refractivity contribution in [3.63, 3.8) is 0 Å². The van der Waals surface area contributed by atoms with Gasteiger partial charge >= 0.3 is 5.97 Å². The zero-order valence-electron chi connectivity index (χ0n) is 7.95. The Morgan fingerprint density at radius 1 is 1.67 bits per heavy atom. The van der Waals surface area contributed by atoms with Crippen LogP contribution in [0.2, 0.25) is 0 Å². The molecule has 0 aromatic heterocycles. The summed E-state index contributed by atoms with van der Waals surface area (Å²) in [5, 5.41) is 18.2. The second-order valence-electron chi connectivity index (χ2n) is 2.65. The van der Waals surface area contributed by atoms with Crippen LogP contribution in [0.25, 0.3) is 0 Å². The summed E-state index contributed by atoms with van der Waals surface area (Å²) < 4.78 is 4.96. The Bertz CT molecular complexity index is 437. The van der Waals surface area contributed by atoms with Gasteiger partial charge in [-0.1, -0.05) is 0 Å². The molecule has 0 aliphatic rings. The molecule has 15 heavy (non-hydrogen) atoms. The zero-order chi connectivity index (χ0) is 11.4. The minimum atomic E-state index is -0.628. The number of phenolic OH excluding ortho intramolecular Hbond substituents is 1. The van der Waals surface area contributed by atoms with Crippen LogP contribution < -0.4 is 0 Å². The summed E-state index contributed by atoms with van der Waals surface area (Å²) in [6.07, 6.45) is 0. The summed E-state index contributed by atoms with van der Waals surface area (Å²) in [6, 6.07) is 4.57. The fourth-order valence-electron chi connectivity index (χ4n) is 1.06. The lowest BCUT2D eigenvalue weighted by Gasteiger charge is -2.07. The first kappa shape index (κ1) is 11.5. The number of nitriles is 1. The van der Waals surface area contributed by atoms with E-state index in [4.69, 9.17) is 10.00 Å². The summed E-state index contributed by atoms with van der Waals surface area (Å²) in [6.45, 7) is 1.88. The molecule has 0 aliphatic heterocycles. The van der Waals surface area contributed by atoms with Crippen LogP contribution in [-0.2, 0) is 4.74 Å². The molecule has 0 saturated heterocycles. The van der Waals surface area contributed by atoms with E-state index in [0.29, 0.717) is 0 Å². The molecular weight excluding hydrogens is 262 g/mol. The van der Waals surface area contributed by atoms with Gasteiger partial charge in [-0.05, 0) is 35.0 Å². The van der Waals surface area contributed by atoms with Crippen LogP contribution >= 0.6 is 15.9 Å². The van der Waals surface area contributed by atoms with Crippen molar-refractivity contribution in [3.8, 4) is 11.8 Å². The van der Waals surface area contributed by atoms with E-state index in [0.717, 1.165) is 0 Å². The molecule has 0 atom stereocenters. The summed E-state index contributed by atoms with van der Waals surface area (Å²) in [5.74, 6) is -0.728. The van der Waals surface area contributed by atoms with E-state index in [1.165, 1.54) is 12.1 Å². The maximum Gasteiger partial charge on any atom is 0.340 e. The van der Waals surface area contributed by atoms with Gasteiger partial charge in [0.15, 0.2) is 0 Å². The Morgan fingerprint density at radius 3 is 2.87 bits per heavy atom. The van der Waals surface area contributed by atoms with Crippen molar-refractivity contribution in [3.05, 3.63) is 27.7 Å². The number of nitrogens with zero attached hydrogens (tertiary/aromatic N) is 1. The molecule has 1 N–H and O–H groups in total. The van der Waals surface area contributed by atoms with E-state index in [9.17, 15) is 9.90 Å². The Hall–Kier alpha value is -1.54. The highest BCUT2D eigenvalue weighted by atomic mass is 79.9. The minimum absolute atomic E-state index is 0.0550. The van der Waals surface area contributed by atoms with Crippen LogP contribution in [0.4, 0.5) is 0 Å². The lowest BCUT2D eigenvalue weighted by Crippen LogP contribution is -2.08. The van der Waals surface area contributed by atoms with Crippen molar-refractivity contribution in [2.45, 2.75) is 6.92 Å². The molecule has 1 rings (SSSR count). The molecule has 0 bridgehead atoms. The molecule has 0 heterocycles. The summed E-state index contributed by atoms with van der Waals surface area (Å²) in [7, 11) is 0. The highest BCUT2D eigenvalue weighted by Crippen LogP contribution is 2.30. The van der Waals surface area contributed by atoms with Crippen LogP contribution in [0, 0.1) is 11.3 Å². The molecule has 5 heteroatoms. The van der Waals surface area contributed by atoms with Crippen molar-refractivity contribution in [2.75, 3.05) is 6.61 Å². The average Bonchev–Trinajstić information content (AvgIpc) is 2.22. The average molecular weight is 270 g/mol. The number of phenols is 1. The number of hydrogen-bond donors (Lipinski definition) is 1. The van der Waals surface area contributed by atoms with Crippen molar-refractivity contribution >= 4 is 21.9 Å². The Balaban J connectivity index is 3.31. The second kappa shape index (κ2) is 4.80. The van der Waals surface area contributed by atoms with Crippen molar-refractivity contribution in [2.24, 2.45) is 0 Å². The van der Waals surface area contributed by atoms with Crippen LogP contribution in [0.15, 0.2) is 16.6 Å². The molecule has 0 fully saturated rings. The largest absolute Gasteiger partial charge is 0.507 e. The first-order valence-corrected chi connectivity index (χ1v) is 4.99. The van der Waals surface area contributed by atoms with E-state index in [1.807, 2.05) is 6.07 Å². The normalized spacial score (nSPS) is 9.40. The van der Waals surface area contributed by atoms with E-state index < -0.39 is 5.97 Å². The predicted octanol–water partition coefficient (Wildman–Crippen LogP) is 2.20. The van der Waals surface area contributed by atoms with Crippen LogP contribution in [-0.4, -0.2) is 17.7 Å². The van der Waals surface area contributed by atoms with Gasteiger partial charge in [-0.25, -0.2) is 4.79 Å². The summed E-state index contributed by atoms with van der Waals surface area (Å²) in [4.78, 5) is 11.5. The molecular formula is C10H8BrNO3. The molecule has 1 aromatic rings. The lowest BCUT2D eigenvalue weighted by molar-refractivity contribution is 0.0524. The third-order valence-electron chi connectivity index (χ3n) is 1.72. The molecule has 1 aromatic carbocycles. The predicted molar refractivity (Wildman–Crippen MR) is 56.5 cm³/mol. The molecule has 0 saturated carbocycles. The first-order chi connectivity index (χ1) is 7.11. The van der Waals surface area contributed by atoms with E-state index >= 15 is 0 Å². The second-order valence-corrected chi connectivity index (χ2v) is 3.45. The Morgan fingerprint density at radius 2 is 2.33 bits per heavy atom. The van der Waals surface area contributed by atoms with Gasteiger partial charge in [-0.15, -0.1) is 0 Å². The quantitative estimate of drug-likeness (QED) is 0.836. The van der Waals surface area contributed by atoms with Crippen molar-refractivity contribution < 1.29 is 14.6 Å². The highest BCUT2D eigenvalue weighted by molar-refractivity contribution is 9.10. The molecule has 0 spiro atoms. The number of esters is 1.